The van der Waals surface area contributed by atoms with Crippen molar-refractivity contribution in [2.24, 2.45) is 0 Å². The molecule has 0 bridgehead atoms. The number of carbonyl (C=O) groups is 1. The van der Waals surface area contributed by atoms with E-state index >= 15 is 0 Å². The number of amides is 1. The molecule has 3 aromatic heterocycles. The van der Waals surface area contributed by atoms with Crippen LogP contribution in [0, 0.1) is 0 Å². The standard InChI is InChI=1S/C28H24F2N4O4S/c29-28(30)12-20(13-28)22-2-1-3-23(33-22)24-7-6-18-14-31-21(11-25(18)34-24)15-32-27(35)17-4-5-19-16-38-8-9-39(36,37)26(19)10-17/h1-7,10-11,14,20H,8-9,12-13,15-16H2,(H,32,35). The Hall–Kier alpha value is -3.83. The summed E-state index contributed by atoms with van der Waals surface area (Å²) in [7, 11) is -3.53. The van der Waals surface area contributed by atoms with Gasteiger partial charge in [0.25, 0.3) is 5.91 Å². The van der Waals surface area contributed by atoms with Crippen LogP contribution in [0.5, 0.6) is 0 Å². The van der Waals surface area contributed by atoms with Crippen molar-refractivity contribution in [3.63, 3.8) is 0 Å². The maximum absolute atomic E-state index is 13.3. The normalized spacial score (nSPS) is 18.1. The molecule has 1 N–H and O–H groups in total. The van der Waals surface area contributed by atoms with Gasteiger partial charge in [0, 0.05) is 41.6 Å². The van der Waals surface area contributed by atoms with E-state index in [1.807, 2.05) is 12.1 Å². The van der Waals surface area contributed by atoms with Crippen LogP contribution < -0.4 is 5.32 Å². The molecule has 1 saturated carbocycles. The lowest BCUT2D eigenvalue weighted by Gasteiger charge is -2.34. The molecule has 4 heterocycles. The van der Waals surface area contributed by atoms with Gasteiger partial charge in [-0.05, 0) is 48.0 Å². The minimum absolute atomic E-state index is 0.108. The topological polar surface area (TPSA) is 111 Å². The summed E-state index contributed by atoms with van der Waals surface area (Å²) in [6, 6.07) is 15.4. The number of halogens is 2. The SMILES string of the molecule is O=C(NCc1cc2nc(-c3cccc(C4CC(F)(F)C4)n3)ccc2cn1)c1ccc2c(c1)S(=O)(=O)CCOC2. The van der Waals surface area contributed by atoms with Gasteiger partial charge in [-0.15, -0.1) is 0 Å². The summed E-state index contributed by atoms with van der Waals surface area (Å²) < 4.78 is 57.1. The van der Waals surface area contributed by atoms with Crippen LogP contribution in [0.2, 0.25) is 0 Å². The summed E-state index contributed by atoms with van der Waals surface area (Å²) in [5.41, 5.74) is 3.81. The second-order valence-electron chi connectivity index (χ2n) is 9.85. The highest BCUT2D eigenvalue weighted by Crippen LogP contribution is 2.47. The van der Waals surface area contributed by atoms with Crippen LogP contribution in [0.4, 0.5) is 8.78 Å². The third-order valence-corrected chi connectivity index (χ3v) is 8.77. The van der Waals surface area contributed by atoms with Crippen LogP contribution in [0.25, 0.3) is 22.3 Å². The molecule has 0 atom stereocenters. The van der Waals surface area contributed by atoms with Gasteiger partial charge >= 0.3 is 0 Å². The number of fused-ring (bicyclic) bond motifs is 2. The zero-order chi connectivity index (χ0) is 27.2. The highest BCUT2D eigenvalue weighted by Gasteiger charge is 2.46. The molecule has 0 spiro atoms. The quantitative estimate of drug-likeness (QED) is 0.391. The van der Waals surface area contributed by atoms with Crippen molar-refractivity contribution >= 4 is 26.6 Å². The van der Waals surface area contributed by atoms with Crippen LogP contribution >= 0.6 is 0 Å². The Kier molecular flexibility index (Phi) is 6.35. The van der Waals surface area contributed by atoms with E-state index in [-0.39, 0.29) is 54.7 Å². The number of aromatic nitrogens is 3. The number of benzene rings is 1. The van der Waals surface area contributed by atoms with Gasteiger partial charge in [0.1, 0.15) is 0 Å². The molecule has 6 rings (SSSR count). The predicted molar refractivity (Wildman–Crippen MR) is 139 cm³/mol. The number of nitrogens with zero attached hydrogens (tertiary/aromatic N) is 3. The number of alkyl halides is 2. The van der Waals surface area contributed by atoms with E-state index in [0.717, 1.165) is 5.39 Å². The van der Waals surface area contributed by atoms with Gasteiger partial charge < -0.3 is 10.1 Å². The number of hydrogen-bond acceptors (Lipinski definition) is 7. The van der Waals surface area contributed by atoms with Crippen molar-refractivity contribution in [3.05, 3.63) is 83.3 Å². The van der Waals surface area contributed by atoms with Crippen molar-refractivity contribution in [1.29, 1.82) is 0 Å². The van der Waals surface area contributed by atoms with Crippen LogP contribution in [0.1, 0.15) is 46.1 Å². The Labute approximate surface area is 223 Å². The van der Waals surface area contributed by atoms with Gasteiger partial charge in [0.15, 0.2) is 9.84 Å². The molecule has 39 heavy (non-hydrogen) atoms. The van der Waals surface area contributed by atoms with Crippen molar-refractivity contribution < 1.29 is 26.7 Å². The Bertz CT molecular complexity index is 1700. The number of rotatable bonds is 5. The summed E-state index contributed by atoms with van der Waals surface area (Å²) in [6.45, 7) is 0.406. The van der Waals surface area contributed by atoms with Gasteiger partial charge in [0.2, 0.25) is 5.92 Å². The first-order valence-corrected chi connectivity index (χ1v) is 14.1. The predicted octanol–water partition coefficient (Wildman–Crippen LogP) is 4.44. The van der Waals surface area contributed by atoms with E-state index in [0.29, 0.717) is 33.9 Å². The minimum Gasteiger partial charge on any atom is -0.376 e. The molecular weight excluding hydrogens is 526 g/mol. The van der Waals surface area contributed by atoms with E-state index in [1.165, 1.54) is 6.07 Å². The zero-order valence-electron chi connectivity index (χ0n) is 20.7. The summed E-state index contributed by atoms with van der Waals surface area (Å²) in [4.78, 5) is 26.6. The summed E-state index contributed by atoms with van der Waals surface area (Å²) in [5, 5.41) is 3.58. The molecule has 0 unspecified atom stereocenters. The van der Waals surface area contributed by atoms with E-state index in [9.17, 15) is 22.0 Å². The number of nitrogens with one attached hydrogen (secondary N) is 1. The molecule has 200 valence electrons. The maximum atomic E-state index is 13.3. The summed E-state index contributed by atoms with van der Waals surface area (Å²) in [6.07, 6.45) is 1.28. The van der Waals surface area contributed by atoms with Gasteiger partial charge in [-0.2, -0.15) is 0 Å². The van der Waals surface area contributed by atoms with Crippen molar-refractivity contribution in [3.8, 4) is 11.4 Å². The van der Waals surface area contributed by atoms with Gasteiger partial charge in [0.05, 0.1) is 53.0 Å². The van der Waals surface area contributed by atoms with Crippen LogP contribution in [0.15, 0.2) is 65.7 Å². The monoisotopic (exact) mass is 550 g/mol. The molecule has 1 aliphatic heterocycles. The largest absolute Gasteiger partial charge is 0.376 e. The highest BCUT2D eigenvalue weighted by atomic mass is 32.2. The third kappa shape index (κ3) is 5.24. The molecule has 8 nitrogen and oxygen atoms in total. The molecule has 4 aromatic rings. The van der Waals surface area contributed by atoms with Crippen molar-refractivity contribution in [1.82, 2.24) is 20.3 Å². The van der Waals surface area contributed by atoms with Gasteiger partial charge in [-0.25, -0.2) is 22.2 Å². The average molecular weight is 551 g/mol. The fourth-order valence-corrected chi connectivity index (χ4v) is 6.22. The lowest BCUT2D eigenvalue weighted by Crippen LogP contribution is -2.34. The van der Waals surface area contributed by atoms with E-state index < -0.39 is 21.7 Å². The smallest absolute Gasteiger partial charge is 0.251 e. The summed E-state index contributed by atoms with van der Waals surface area (Å²) >= 11 is 0. The van der Waals surface area contributed by atoms with Crippen LogP contribution in [-0.2, 0) is 27.7 Å². The number of hydrogen-bond donors (Lipinski definition) is 1. The number of carbonyl (C=O) groups excluding carboxylic acids is 1. The Morgan fingerprint density at radius 3 is 2.69 bits per heavy atom. The molecule has 1 aromatic carbocycles. The molecule has 0 radical (unpaired) electrons. The fraction of sp³-hybridized carbons (Fsp3) is 0.286. The number of ether oxygens (including phenoxy) is 1. The number of pyridine rings is 3. The molecule has 2 aliphatic rings. The van der Waals surface area contributed by atoms with Gasteiger partial charge in [-0.1, -0.05) is 12.1 Å². The summed E-state index contributed by atoms with van der Waals surface area (Å²) in [5.74, 6) is -3.43. The van der Waals surface area contributed by atoms with Gasteiger partial charge in [-0.3, -0.25) is 14.8 Å². The molecule has 1 aliphatic carbocycles. The first-order valence-electron chi connectivity index (χ1n) is 12.5. The van der Waals surface area contributed by atoms with E-state index in [1.54, 1.807) is 42.6 Å². The zero-order valence-corrected chi connectivity index (χ0v) is 21.5. The maximum Gasteiger partial charge on any atom is 0.251 e. The molecule has 1 amide bonds. The Morgan fingerprint density at radius 1 is 1.05 bits per heavy atom. The lowest BCUT2D eigenvalue weighted by atomic mass is 9.79. The number of sulfone groups is 1. The van der Waals surface area contributed by atoms with Crippen LogP contribution in [0.3, 0.4) is 0 Å². The Balaban J connectivity index is 1.19. The molecular formula is C28H24F2N4O4S. The van der Waals surface area contributed by atoms with Crippen molar-refractivity contribution in [2.75, 3.05) is 12.4 Å². The first-order chi connectivity index (χ1) is 18.7. The minimum atomic E-state index is -3.53. The lowest BCUT2D eigenvalue weighted by molar-refractivity contribution is -0.0875. The highest BCUT2D eigenvalue weighted by molar-refractivity contribution is 7.91. The third-order valence-electron chi connectivity index (χ3n) is 7.02. The Morgan fingerprint density at radius 2 is 1.87 bits per heavy atom. The van der Waals surface area contributed by atoms with Crippen LogP contribution in [-0.4, -0.2) is 47.6 Å². The second-order valence-corrected chi connectivity index (χ2v) is 11.9. The molecule has 0 saturated heterocycles. The second kappa shape index (κ2) is 9.73. The van der Waals surface area contributed by atoms with E-state index in [4.69, 9.17) is 9.72 Å². The fourth-order valence-electron chi connectivity index (χ4n) is 4.83. The molecule has 1 fully saturated rings. The van der Waals surface area contributed by atoms with Crippen molar-refractivity contribution in [2.45, 2.75) is 42.7 Å². The van der Waals surface area contributed by atoms with E-state index in [2.05, 4.69) is 15.3 Å². The molecule has 11 heteroatoms. The average Bonchev–Trinajstić information content (AvgIpc) is 3.07. The first kappa shape index (κ1) is 25.4.